The highest BCUT2D eigenvalue weighted by molar-refractivity contribution is 6.10. The van der Waals surface area contributed by atoms with Crippen LogP contribution in [-0.4, -0.2) is 47.6 Å². The molecule has 2 aromatic carbocycles. The predicted octanol–water partition coefficient (Wildman–Crippen LogP) is 3.61. The van der Waals surface area contributed by atoms with Crippen LogP contribution in [0.25, 0.3) is 17.0 Å². The number of benzene rings is 2. The molecular formula is C26H26N4O3. The third kappa shape index (κ3) is 5.13. The molecule has 0 unspecified atom stereocenters. The van der Waals surface area contributed by atoms with E-state index in [9.17, 15) is 14.9 Å². The Labute approximate surface area is 192 Å². The monoisotopic (exact) mass is 442 g/mol. The molecule has 4 rings (SSSR count). The van der Waals surface area contributed by atoms with Gasteiger partial charge in [-0.05, 0) is 36.3 Å². The zero-order valence-corrected chi connectivity index (χ0v) is 18.6. The Hall–Kier alpha value is -3.89. The van der Waals surface area contributed by atoms with Crippen LogP contribution in [-0.2, 0) is 27.3 Å². The Morgan fingerprint density at radius 2 is 1.85 bits per heavy atom. The zero-order valence-electron chi connectivity index (χ0n) is 18.6. The fraction of sp³-hybridized carbons (Fsp3) is 0.269. The average Bonchev–Trinajstić information content (AvgIpc) is 3.20. The Morgan fingerprint density at radius 1 is 1.12 bits per heavy atom. The second-order valence-electron chi connectivity index (χ2n) is 7.90. The molecular weight excluding hydrogens is 416 g/mol. The van der Waals surface area contributed by atoms with Gasteiger partial charge in [-0.3, -0.25) is 9.59 Å². The molecule has 1 aromatic heterocycles. The number of amides is 2. The van der Waals surface area contributed by atoms with Gasteiger partial charge in [0, 0.05) is 41.4 Å². The number of nitrogens with zero attached hydrogens (tertiary/aromatic N) is 3. The van der Waals surface area contributed by atoms with Crippen molar-refractivity contribution in [3.63, 3.8) is 0 Å². The van der Waals surface area contributed by atoms with Crippen LogP contribution < -0.4 is 5.32 Å². The van der Waals surface area contributed by atoms with Gasteiger partial charge in [0.25, 0.3) is 5.91 Å². The summed E-state index contributed by atoms with van der Waals surface area (Å²) in [4.78, 5) is 27.3. The number of fused-ring (bicyclic) bond motifs is 1. The number of nitrogens with one attached hydrogen (secondary N) is 1. The van der Waals surface area contributed by atoms with Gasteiger partial charge in [0.2, 0.25) is 5.91 Å². The third-order valence-corrected chi connectivity index (χ3v) is 5.77. The summed E-state index contributed by atoms with van der Waals surface area (Å²) in [5.74, 6) is -0.452. The molecule has 0 atom stereocenters. The van der Waals surface area contributed by atoms with Crippen LogP contribution in [0, 0.1) is 11.3 Å². The van der Waals surface area contributed by atoms with Crippen molar-refractivity contribution in [1.29, 1.82) is 5.26 Å². The van der Waals surface area contributed by atoms with Crippen LogP contribution in [0.5, 0.6) is 0 Å². The smallest absolute Gasteiger partial charge is 0.266 e. The van der Waals surface area contributed by atoms with E-state index in [1.54, 1.807) is 11.0 Å². The summed E-state index contributed by atoms with van der Waals surface area (Å²) in [7, 11) is 0. The van der Waals surface area contributed by atoms with Gasteiger partial charge in [-0.15, -0.1) is 0 Å². The number of rotatable bonds is 6. The number of ether oxygens (including phenoxy) is 1. The molecule has 168 valence electrons. The number of aryl methyl sites for hydroxylation is 1. The first-order valence-electron chi connectivity index (χ1n) is 11.0. The van der Waals surface area contributed by atoms with Crippen molar-refractivity contribution in [2.75, 3.05) is 31.6 Å². The Balaban J connectivity index is 1.58. The van der Waals surface area contributed by atoms with E-state index < -0.39 is 5.91 Å². The average molecular weight is 443 g/mol. The number of hydrogen-bond acceptors (Lipinski definition) is 4. The number of aromatic nitrogens is 1. The van der Waals surface area contributed by atoms with Gasteiger partial charge in [-0.1, -0.05) is 37.3 Å². The van der Waals surface area contributed by atoms with E-state index in [1.165, 1.54) is 5.56 Å². The van der Waals surface area contributed by atoms with Crippen LogP contribution in [0.2, 0.25) is 0 Å². The molecule has 1 N–H and O–H groups in total. The van der Waals surface area contributed by atoms with Crippen molar-refractivity contribution in [2.24, 2.45) is 0 Å². The maximum atomic E-state index is 12.8. The number of anilines is 1. The van der Waals surface area contributed by atoms with Crippen LogP contribution >= 0.6 is 0 Å². The van der Waals surface area contributed by atoms with Crippen molar-refractivity contribution in [3.05, 3.63) is 71.4 Å². The van der Waals surface area contributed by atoms with Gasteiger partial charge in [-0.25, -0.2) is 0 Å². The molecule has 0 radical (unpaired) electrons. The first-order valence-corrected chi connectivity index (χ1v) is 11.0. The summed E-state index contributed by atoms with van der Waals surface area (Å²) in [6.07, 6.45) is 4.31. The van der Waals surface area contributed by atoms with Crippen molar-refractivity contribution >= 4 is 34.5 Å². The topological polar surface area (TPSA) is 87.4 Å². The fourth-order valence-electron chi connectivity index (χ4n) is 3.91. The van der Waals surface area contributed by atoms with Crippen LogP contribution in [0.1, 0.15) is 18.1 Å². The van der Waals surface area contributed by atoms with Gasteiger partial charge in [0.15, 0.2) is 0 Å². The molecule has 2 amide bonds. The van der Waals surface area contributed by atoms with Crippen LogP contribution in [0.4, 0.5) is 5.69 Å². The van der Waals surface area contributed by atoms with Gasteiger partial charge in [0.05, 0.1) is 13.2 Å². The van der Waals surface area contributed by atoms with E-state index in [0.717, 1.165) is 17.3 Å². The molecule has 33 heavy (non-hydrogen) atoms. The quantitative estimate of drug-likeness (QED) is 0.467. The number of hydrogen-bond donors (Lipinski definition) is 1. The molecule has 0 bridgehead atoms. The first kappa shape index (κ1) is 22.3. The van der Waals surface area contributed by atoms with Crippen LogP contribution in [0.15, 0.2) is 60.3 Å². The highest BCUT2D eigenvalue weighted by atomic mass is 16.5. The van der Waals surface area contributed by atoms with Crippen LogP contribution in [0.3, 0.4) is 0 Å². The van der Waals surface area contributed by atoms with E-state index in [1.807, 2.05) is 65.4 Å². The summed E-state index contributed by atoms with van der Waals surface area (Å²) in [5.41, 5.74) is 3.39. The maximum Gasteiger partial charge on any atom is 0.266 e. The molecule has 7 heteroatoms. The van der Waals surface area contributed by atoms with Crippen molar-refractivity contribution < 1.29 is 14.3 Å². The fourth-order valence-corrected chi connectivity index (χ4v) is 3.91. The summed E-state index contributed by atoms with van der Waals surface area (Å²) in [6.45, 7) is 4.52. The predicted molar refractivity (Wildman–Crippen MR) is 127 cm³/mol. The lowest BCUT2D eigenvalue weighted by Crippen LogP contribution is -2.42. The van der Waals surface area contributed by atoms with Gasteiger partial charge >= 0.3 is 0 Å². The number of nitriles is 1. The molecule has 0 spiro atoms. The highest BCUT2D eigenvalue weighted by Crippen LogP contribution is 2.24. The lowest BCUT2D eigenvalue weighted by Gasteiger charge is -2.27. The summed E-state index contributed by atoms with van der Waals surface area (Å²) < 4.78 is 7.20. The van der Waals surface area contributed by atoms with E-state index in [0.29, 0.717) is 37.6 Å². The standard InChI is InChI=1S/C26H26N4O3/c1-2-19-7-9-22(10-8-19)28-26(32)20(16-27)15-21-17-30(24-6-4-3-5-23(21)24)18-25(31)29-11-13-33-14-12-29/h3-10,15,17H,2,11-14,18H2,1H3,(H,28,32)/b20-15+. The maximum absolute atomic E-state index is 12.8. The van der Waals surface area contributed by atoms with E-state index >= 15 is 0 Å². The first-order chi connectivity index (χ1) is 16.1. The third-order valence-electron chi connectivity index (χ3n) is 5.77. The Kier molecular flexibility index (Phi) is 6.86. The molecule has 0 saturated carbocycles. The van der Waals surface area contributed by atoms with Gasteiger partial charge < -0.3 is 19.5 Å². The number of carbonyl (C=O) groups is 2. The number of carbonyl (C=O) groups excluding carboxylic acids is 2. The Morgan fingerprint density at radius 3 is 2.55 bits per heavy atom. The van der Waals surface area contributed by atoms with Crippen molar-refractivity contribution in [2.45, 2.75) is 19.9 Å². The van der Waals surface area contributed by atoms with Crippen molar-refractivity contribution in [3.8, 4) is 6.07 Å². The van der Waals surface area contributed by atoms with Gasteiger partial charge in [0.1, 0.15) is 18.2 Å². The summed E-state index contributed by atoms with van der Waals surface area (Å²) >= 11 is 0. The molecule has 2 heterocycles. The van der Waals surface area contributed by atoms with E-state index in [4.69, 9.17) is 4.74 Å². The highest BCUT2D eigenvalue weighted by Gasteiger charge is 2.19. The SMILES string of the molecule is CCc1ccc(NC(=O)/C(C#N)=C/c2cn(CC(=O)N3CCOCC3)c3ccccc23)cc1. The summed E-state index contributed by atoms with van der Waals surface area (Å²) in [6, 6.07) is 17.2. The van der Waals surface area contributed by atoms with E-state index in [2.05, 4.69) is 12.2 Å². The minimum absolute atomic E-state index is 0.00280. The molecule has 0 aliphatic carbocycles. The lowest BCUT2D eigenvalue weighted by atomic mass is 10.1. The molecule has 1 aliphatic rings. The van der Waals surface area contributed by atoms with Gasteiger partial charge in [-0.2, -0.15) is 5.26 Å². The van der Waals surface area contributed by atoms with E-state index in [-0.39, 0.29) is 18.0 Å². The molecule has 1 fully saturated rings. The molecule has 1 aliphatic heterocycles. The lowest BCUT2D eigenvalue weighted by molar-refractivity contribution is -0.135. The second-order valence-corrected chi connectivity index (χ2v) is 7.90. The molecule has 1 saturated heterocycles. The largest absolute Gasteiger partial charge is 0.378 e. The molecule has 3 aromatic rings. The normalized spacial score (nSPS) is 14.2. The molecule has 7 nitrogen and oxygen atoms in total. The Bertz CT molecular complexity index is 1230. The second kappa shape index (κ2) is 10.2. The zero-order chi connectivity index (χ0) is 23.2. The van der Waals surface area contributed by atoms with Crippen molar-refractivity contribution in [1.82, 2.24) is 9.47 Å². The minimum Gasteiger partial charge on any atom is -0.378 e. The minimum atomic E-state index is -0.469. The summed E-state index contributed by atoms with van der Waals surface area (Å²) in [5, 5.41) is 13.3. The number of morpholine rings is 1. The number of para-hydroxylation sites is 1.